The van der Waals surface area contributed by atoms with Gasteiger partial charge in [0.1, 0.15) is 11.5 Å². The van der Waals surface area contributed by atoms with Gasteiger partial charge in [-0.3, -0.25) is 0 Å². The van der Waals surface area contributed by atoms with Gasteiger partial charge in [-0.2, -0.15) is 0 Å². The largest absolute Gasteiger partial charge is 0.469 e. The van der Waals surface area contributed by atoms with E-state index in [2.05, 4.69) is 13.8 Å². The van der Waals surface area contributed by atoms with Gasteiger partial charge in [-0.25, -0.2) is 4.79 Å². The number of carbonyl (C=O) groups excluding carboxylic acids is 1. The molecule has 0 spiro atoms. The molecule has 0 radical (unpaired) electrons. The Bertz CT molecular complexity index is 540. The standard InChI is InChI=1S/C15H19NO3/c1-4-11(2)16-12(10-13-6-5-9-19-13)7-8-14(16)15(17)18-3/h5-9,11H,4,10H2,1-3H3/t11-/m1/s1. The van der Waals surface area contributed by atoms with E-state index in [-0.39, 0.29) is 12.0 Å². The second-order valence-corrected chi connectivity index (χ2v) is 4.58. The number of carbonyl (C=O) groups is 1. The monoisotopic (exact) mass is 261 g/mol. The minimum absolute atomic E-state index is 0.245. The van der Waals surface area contributed by atoms with Gasteiger partial charge in [-0.15, -0.1) is 0 Å². The Hall–Kier alpha value is -1.97. The van der Waals surface area contributed by atoms with Crippen LogP contribution >= 0.6 is 0 Å². The molecule has 0 aliphatic heterocycles. The van der Waals surface area contributed by atoms with Gasteiger partial charge < -0.3 is 13.7 Å². The van der Waals surface area contributed by atoms with E-state index < -0.39 is 0 Å². The first-order valence-electron chi connectivity index (χ1n) is 6.48. The second kappa shape index (κ2) is 5.78. The molecule has 4 nitrogen and oxygen atoms in total. The fourth-order valence-electron chi connectivity index (χ4n) is 2.20. The third-order valence-electron chi connectivity index (χ3n) is 3.36. The van der Waals surface area contributed by atoms with Crippen LogP contribution in [0.1, 0.15) is 48.3 Å². The normalized spacial score (nSPS) is 12.4. The predicted molar refractivity (Wildman–Crippen MR) is 72.3 cm³/mol. The molecule has 0 aliphatic carbocycles. The fraction of sp³-hybridized carbons (Fsp3) is 0.400. The molecule has 102 valence electrons. The number of furan rings is 1. The van der Waals surface area contributed by atoms with Crippen LogP contribution in [0.3, 0.4) is 0 Å². The van der Waals surface area contributed by atoms with E-state index in [1.54, 1.807) is 6.26 Å². The molecule has 4 heteroatoms. The highest BCUT2D eigenvalue weighted by Crippen LogP contribution is 2.22. The van der Waals surface area contributed by atoms with E-state index in [4.69, 9.17) is 9.15 Å². The van der Waals surface area contributed by atoms with Gasteiger partial charge in [0, 0.05) is 18.2 Å². The Morgan fingerprint density at radius 1 is 1.42 bits per heavy atom. The van der Waals surface area contributed by atoms with Gasteiger partial charge in [0.05, 0.1) is 13.4 Å². The molecular weight excluding hydrogens is 242 g/mol. The topological polar surface area (TPSA) is 44.4 Å². The molecule has 0 bridgehead atoms. The summed E-state index contributed by atoms with van der Waals surface area (Å²) >= 11 is 0. The fourth-order valence-corrected chi connectivity index (χ4v) is 2.20. The maximum atomic E-state index is 11.8. The number of rotatable bonds is 5. The van der Waals surface area contributed by atoms with Crippen LogP contribution in [0.5, 0.6) is 0 Å². The van der Waals surface area contributed by atoms with E-state index >= 15 is 0 Å². The zero-order chi connectivity index (χ0) is 13.8. The maximum Gasteiger partial charge on any atom is 0.354 e. The predicted octanol–water partition coefficient (Wildman–Crippen LogP) is 3.43. The smallest absolute Gasteiger partial charge is 0.354 e. The van der Waals surface area contributed by atoms with Crippen LogP contribution < -0.4 is 0 Å². The highest BCUT2D eigenvalue weighted by molar-refractivity contribution is 5.88. The van der Waals surface area contributed by atoms with Gasteiger partial charge in [-0.1, -0.05) is 6.92 Å². The Morgan fingerprint density at radius 2 is 2.21 bits per heavy atom. The summed E-state index contributed by atoms with van der Waals surface area (Å²) in [5.74, 6) is 0.588. The molecule has 2 rings (SSSR count). The molecule has 0 aromatic carbocycles. The van der Waals surface area contributed by atoms with Gasteiger partial charge in [-0.05, 0) is 37.6 Å². The molecule has 0 aliphatic rings. The third kappa shape index (κ3) is 2.72. The summed E-state index contributed by atoms with van der Waals surface area (Å²) in [7, 11) is 1.41. The van der Waals surface area contributed by atoms with Crippen molar-refractivity contribution < 1.29 is 13.9 Å². The Balaban J connectivity index is 2.37. The molecule has 0 saturated carbocycles. The summed E-state index contributed by atoms with van der Waals surface area (Å²) in [4.78, 5) is 11.8. The van der Waals surface area contributed by atoms with Crippen molar-refractivity contribution in [3.05, 3.63) is 47.7 Å². The number of esters is 1. The lowest BCUT2D eigenvalue weighted by atomic mass is 10.2. The number of hydrogen-bond donors (Lipinski definition) is 0. The molecule has 0 fully saturated rings. The Morgan fingerprint density at radius 3 is 2.79 bits per heavy atom. The SMILES string of the molecule is CC[C@@H](C)n1c(Cc2ccco2)ccc1C(=O)OC. The van der Waals surface area contributed by atoms with Crippen molar-refractivity contribution in [1.82, 2.24) is 4.57 Å². The van der Waals surface area contributed by atoms with Crippen LogP contribution in [0.25, 0.3) is 0 Å². The van der Waals surface area contributed by atoms with Gasteiger partial charge in [0.25, 0.3) is 0 Å². The molecule has 2 heterocycles. The van der Waals surface area contributed by atoms with E-state index in [0.29, 0.717) is 12.1 Å². The summed E-state index contributed by atoms with van der Waals surface area (Å²) in [6, 6.07) is 7.82. The second-order valence-electron chi connectivity index (χ2n) is 4.58. The van der Waals surface area contributed by atoms with Crippen molar-refractivity contribution in [1.29, 1.82) is 0 Å². The van der Waals surface area contributed by atoms with Crippen molar-refractivity contribution in [2.45, 2.75) is 32.7 Å². The number of nitrogens with zero attached hydrogens (tertiary/aromatic N) is 1. The molecule has 0 saturated heterocycles. The zero-order valence-corrected chi connectivity index (χ0v) is 11.6. The van der Waals surface area contributed by atoms with Gasteiger partial charge in [0.2, 0.25) is 0 Å². The van der Waals surface area contributed by atoms with Crippen molar-refractivity contribution in [3.63, 3.8) is 0 Å². The third-order valence-corrected chi connectivity index (χ3v) is 3.36. The van der Waals surface area contributed by atoms with E-state index in [1.165, 1.54) is 7.11 Å². The van der Waals surface area contributed by atoms with Crippen LogP contribution in [-0.2, 0) is 11.2 Å². The maximum absolute atomic E-state index is 11.8. The average Bonchev–Trinajstić information content (AvgIpc) is 3.07. The van der Waals surface area contributed by atoms with E-state index in [1.807, 2.05) is 28.8 Å². The molecule has 0 amide bonds. The van der Waals surface area contributed by atoms with Crippen molar-refractivity contribution >= 4 is 5.97 Å². The van der Waals surface area contributed by atoms with Gasteiger partial charge >= 0.3 is 5.97 Å². The van der Waals surface area contributed by atoms with E-state index in [9.17, 15) is 4.79 Å². The summed E-state index contributed by atoms with van der Waals surface area (Å²) in [5, 5.41) is 0. The zero-order valence-electron chi connectivity index (χ0n) is 11.6. The minimum Gasteiger partial charge on any atom is -0.469 e. The minimum atomic E-state index is -0.300. The number of methoxy groups -OCH3 is 1. The Kier molecular flexibility index (Phi) is 4.10. The van der Waals surface area contributed by atoms with Crippen molar-refractivity contribution in [2.75, 3.05) is 7.11 Å². The lowest BCUT2D eigenvalue weighted by Crippen LogP contribution is -2.16. The Labute approximate surface area is 113 Å². The van der Waals surface area contributed by atoms with Gasteiger partial charge in [0.15, 0.2) is 0 Å². The van der Waals surface area contributed by atoms with E-state index in [0.717, 1.165) is 17.9 Å². The highest BCUT2D eigenvalue weighted by Gasteiger charge is 2.19. The molecular formula is C15H19NO3. The summed E-state index contributed by atoms with van der Waals surface area (Å²) in [5.41, 5.74) is 1.66. The highest BCUT2D eigenvalue weighted by atomic mass is 16.5. The number of aromatic nitrogens is 1. The first-order valence-corrected chi connectivity index (χ1v) is 6.48. The summed E-state index contributed by atoms with van der Waals surface area (Å²) < 4.78 is 12.2. The van der Waals surface area contributed by atoms with Crippen LogP contribution in [0.15, 0.2) is 34.9 Å². The molecule has 19 heavy (non-hydrogen) atoms. The summed E-state index contributed by atoms with van der Waals surface area (Å²) in [6.07, 6.45) is 3.28. The molecule has 2 aromatic heterocycles. The quantitative estimate of drug-likeness (QED) is 0.774. The lowest BCUT2D eigenvalue weighted by molar-refractivity contribution is 0.0585. The van der Waals surface area contributed by atoms with Crippen LogP contribution in [0.4, 0.5) is 0 Å². The van der Waals surface area contributed by atoms with Crippen LogP contribution in [0, 0.1) is 0 Å². The molecule has 1 atom stereocenters. The first kappa shape index (κ1) is 13.5. The lowest BCUT2D eigenvalue weighted by Gasteiger charge is -2.18. The van der Waals surface area contributed by atoms with Crippen LogP contribution in [-0.4, -0.2) is 17.6 Å². The summed E-state index contributed by atoms with van der Waals surface area (Å²) in [6.45, 7) is 4.19. The molecule has 0 N–H and O–H groups in total. The number of hydrogen-bond acceptors (Lipinski definition) is 3. The molecule has 2 aromatic rings. The number of ether oxygens (including phenoxy) is 1. The van der Waals surface area contributed by atoms with Crippen molar-refractivity contribution in [3.8, 4) is 0 Å². The first-order chi connectivity index (χ1) is 9.17. The average molecular weight is 261 g/mol. The van der Waals surface area contributed by atoms with Crippen molar-refractivity contribution in [2.24, 2.45) is 0 Å². The molecule has 0 unspecified atom stereocenters. The van der Waals surface area contributed by atoms with Crippen LogP contribution in [0.2, 0.25) is 0 Å².